The van der Waals surface area contributed by atoms with Crippen LogP contribution < -0.4 is 11.1 Å². The first-order chi connectivity index (χ1) is 8.95. The van der Waals surface area contributed by atoms with E-state index >= 15 is 0 Å². The molecule has 1 aromatic rings. The summed E-state index contributed by atoms with van der Waals surface area (Å²) in [7, 11) is 0. The first-order valence-electron chi connectivity index (χ1n) is 6.74. The Hall–Kier alpha value is -1.42. The van der Waals surface area contributed by atoms with Gasteiger partial charge in [-0.3, -0.25) is 4.79 Å². The smallest absolute Gasteiger partial charge is 0.237 e. The highest BCUT2D eigenvalue weighted by atomic mass is 19.1. The lowest BCUT2D eigenvalue weighted by atomic mass is 10.1. The van der Waals surface area contributed by atoms with E-state index in [1.165, 1.54) is 0 Å². The van der Waals surface area contributed by atoms with E-state index in [9.17, 15) is 9.18 Å². The molecule has 0 bridgehead atoms. The number of rotatable bonds is 6. The van der Waals surface area contributed by atoms with Crippen LogP contribution in [0.5, 0.6) is 0 Å². The van der Waals surface area contributed by atoms with Crippen molar-refractivity contribution in [2.45, 2.75) is 52.6 Å². The van der Waals surface area contributed by atoms with Gasteiger partial charge in [0.25, 0.3) is 0 Å². The van der Waals surface area contributed by atoms with Crippen LogP contribution in [0.3, 0.4) is 0 Å². The maximum atomic E-state index is 13.5. The van der Waals surface area contributed by atoms with Crippen molar-refractivity contribution >= 4 is 5.91 Å². The summed E-state index contributed by atoms with van der Waals surface area (Å²) < 4.78 is 13.5. The van der Waals surface area contributed by atoms with E-state index in [4.69, 9.17) is 5.73 Å². The summed E-state index contributed by atoms with van der Waals surface area (Å²) in [6.07, 6.45) is 2.67. The van der Waals surface area contributed by atoms with Crippen LogP contribution in [0.15, 0.2) is 12.1 Å². The summed E-state index contributed by atoms with van der Waals surface area (Å²) >= 11 is 0. The molecular weight excluding hydrogens is 243 g/mol. The Morgan fingerprint density at radius 1 is 1.37 bits per heavy atom. The molecule has 0 fully saturated rings. The van der Waals surface area contributed by atoms with Gasteiger partial charge in [-0.05, 0) is 37.0 Å². The average molecular weight is 266 g/mol. The monoisotopic (exact) mass is 266 g/mol. The second kappa shape index (κ2) is 7.24. The predicted molar refractivity (Wildman–Crippen MR) is 75.2 cm³/mol. The normalized spacial score (nSPS) is 12.3. The molecule has 0 heterocycles. The molecule has 0 saturated carbocycles. The fourth-order valence-corrected chi connectivity index (χ4v) is 2.01. The van der Waals surface area contributed by atoms with Crippen LogP contribution in [0.25, 0.3) is 0 Å². The molecule has 0 aliphatic rings. The third kappa shape index (κ3) is 4.63. The highest BCUT2D eigenvalue weighted by Gasteiger charge is 2.12. The van der Waals surface area contributed by atoms with Crippen molar-refractivity contribution in [3.8, 4) is 0 Å². The van der Waals surface area contributed by atoms with Crippen LogP contribution >= 0.6 is 0 Å². The molecule has 1 amide bonds. The van der Waals surface area contributed by atoms with Crippen molar-refractivity contribution in [2.24, 2.45) is 5.73 Å². The second-order valence-corrected chi connectivity index (χ2v) is 5.01. The molecule has 106 valence electrons. The number of halogens is 1. The topological polar surface area (TPSA) is 55.1 Å². The third-order valence-corrected chi connectivity index (χ3v) is 3.17. The van der Waals surface area contributed by atoms with Crippen molar-refractivity contribution < 1.29 is 9.18 Å². The number of nitrogens with two attached hydrogens (primary N) is 1. The van der Waals surface area contributed by atoms with E-state index in [-0.39, 0.29) is 11.7 Å². The number of aryl methyl sites for hydroxylation is 2. The summed E-state index contributed by atoms with van der Waals surface area (Å²) in [6.45, 7) is 5.90. The van der Waals surface area contributed by atoms with Gasteiger partial charge in [0.15, 0.2) is 0 Å². The van der Waals surface area contributed by atoms with E-state index in [0.717, 1.165) is 18.4 Å². The summed E-state index contributed by atoms with van der Waals surface area (Å²) in [5.74, 6) is -0.331. The highest BCUT2D eigenvalue weighted by molar-refractivity contribution is 5.81. The van der Waals surface area contributed by atoms with E-state index in [0.29, 0.717) is 24.1 Å². The van der Waals surface area contributed by atoms with Crippen LogP contribution in [0.1, 0.15) is 42.9 Å². The van der Waals surface area contributed by atoms with Gasteiger partial charge >= 0.3 is 0 Å². The molecule has 0 aliphatic heterocycles. The molecule has 1 unspecified atom stereocenters. The standard InChI is InChI=1S/C15H23FN2O/c1-4-5-6-13(17)15(19)18-9-12-7-10(2)14(16)11(3)8-12/h7-8,13H,4-6,9,17H2,1-3H3,(H,18,19). The fourth-order valence-electron chi connectivity index (χ4n) is 2.01. The number of hydrogen-bond acceptors (Lipinski definition) is 2. The summed E-state index contributed by atoms with van der Waals surface area (Å²) in [4.78, 5) is 11.7. The third-order valence-electron chi connectivity index (χ3n) is 3.17. The van der Waals surface area contributed by atoms with Crippen LogP contribution in [0.4, 0.5) is 4.39 Å². The molecule has 0 saturated heterocycles. The van der Waals surface area contributed by atoms with Crippen molar-refractivity contribution in [3.05, 3.63) is 34.6 Å². The van der Waals surface area contributed by atoms with Gasteiger partial charge in [-0.1, -0.05) is 31.9 Å². The Kier molecular flexibility index (Phi) is 5.96. The second-order valence-electron chi connectivity index (χ2n) is 5.01. The molecule has 0 aliphatic carbocycles. The zero-order valence-corrected chi connectivity index (χ0v) is 11.9. The molecule has 3 nitrogen and oxygen atoms in total. The Labute approximate surface area is 114 Å². The first-order valence-corrected chi connectivity index (χ1v) is 6.74. The minimum absolute atomic E-state index is 0.145. The lowest BCUT2D eigenvalue weighted by Gasteiger charge is -2.12. The number of amides is 1. The van der Waals surface area contributed by atoms with Crippen LogP contribution in [-0.4, -0.2) is 11.9 Å². The quantitative estimate of drug-likeness (QED) is 0.831. The van der Waals surface area contributed by atoms with Crippen LogP contribution in [-0.2, 0) is 11.3 Å². The minimum atomic E-state index is -0.456. The summed E-state index contributed by atoms with van der Waals surface area (Å²) in [5, 5.41) is 2.80. The largest absolute Gasteiger partial charge is 0.351 e. The molecule has 0 radical (unpaired) electrons. The first kappa shape index (κ1) is 15.6. The van der Waals surface area contributed by atoms with Crippen molar-refractivity contribution in [1.29, 1.82) is 0 Å². The number of benzene rings is 1. The SMILES string of the molecule is CCCCC(N)C(=O)NCc1cc(C)c(F)c(C)c1. The average Bonchev–Trinajstić information content (AvgIpc) is 2.39. The Morgan fingerprint density at radius 2 is 1.95 bits per heavy atom. The van der Waals surface area contributed by atoms with Crippen LogP contribution in [0, 0.1) is 19.7 Å². The van der Waals surface area contributed by atoms with Gasteiger partial charge < -0.3 is 11.1 Å². The van der Waals surface area contributed by atoms with E-state index in [1.807, 2.05) is 0 Å². The molecule has 1 aromatic carbocycles. The molecule has 4 heteroatoms. The van der Waals surface area contributed by atoms with E-state index in [2.05, 4.69) is 12.2 Å². The maximum Gasteiger partial charge on any atom is 0.237 e. The lowest BCUT2D eigenvalue weighted by molar-refractivity contribution is -0.122. The maximum absolute atomic E-state index is 13.5. The minimum Gasteiger partial charge on any atom is -0.351 e. The van der Waals surface area contributed by atoms with Gasteiger partial charge in [-0.2, -0.15) is 0 Å². The van der Waals surface area contributed by atoms with Gasteiger partial charge in [0, 0.05) is 6.54 Å². The van der Waals surface area contributed by atoms with Gasteiger partial charge in [-0.15, -0.1) is 0 Å². The number of carbonyl (C=O) groups excluding carboxylic acids is 1. The highest BCUT2D eigenvalue weighted by Crippen LogP contribution is 2.14. The van der Waals surface area contributed by atoms with Gasteiger partial charge in [0.1, 0.15) is 5.82 Å². The Bertz CT molecular complexity index is 423. The van der Waals surface area contributed by atoms with E-state index in [1.54, 1.807) is 26.0 Å². The van der Waals surface area contributed by atoms with Crippen molar-refractivity contribution in [2.75, 3.05) is 0 Å². The number of nitrogens with one attached hydrogen (secondary N) is 1. The zero-order chi connectivity index (χ0) is 14.4. The lowest BCUT2D eigenvalue weighted by Crippen LogP contribution is -2.40. The predicted octanol–water partition coefficient (Wildman–Crippen LogP) is 2.58. The van der Waals surface area contributed by atoms with E-state index < -0.39 is 6.04 Å². The van der Waals surface area contributed by atoms with Crippen molar-refractivity contribution in [1.82, 2.24) is 5.32 Å². The summed E-state index contributed by atoms with van der Waals surface area (Å²) in [6, 6.07) is 3.04. The number of hydrogen-bond donors (Lipinski definition) is 2. The van der Waals surface area contributed by atoms with Gasteiger partial charge in [-0.25, -0.2) is 4.39 Å². The molecule has 1 atom stereocenters. The van der Waals surface area contributed by atoms with Gasteiger partial charge in [0.05, 0.1) is 6.04 Å². The Morgan fingerprint density at radius 3 is 2.47 bits per heavy atom. The Balaban J connectivity index is 2.55. The van der Waals surface area contributed by atoms with Gasteiger partial charge in [0.2, 0.25) is 5.91 Å². The number of carbonyl (C=O) groups is 1. The zero-order valence-electron chi connectivity index (χ0n) is 11.9. The molecule has 3 N–H and O–H groups in total. The van der Waals surface area contributed by atoms with Crippen molar-refractivity contribution in [3.63, 3.8) is 0 Å². The molecule has 0 spiro atoms. The molecular formula is C15H23FN2O. The molecule has 0 aromatic heterocycles. The molecule has 19 heavy (non-hydrogen) atoms. The fraction of sp³-hybridized carbons (Fsp3) is 0.533. The molecule has 1 rings (SSSR count). The van der Waals surface area contributed by atoms with Crippen LogP contribution in [0.2, 0.25) is 0 Å². The summed E-state index contributed by atoms with van der Waals surface area (Å²) in [5.41, 5.74) is 7.87. The number of unbranched alkanes of at least 4 members (excludes halogenated alkanes) is 1.